The highest BCUT2D eigenvalue weighted by molar-refractivity contribution is 5.92. The van der Waals surface area contributed by atoms with Gasteiger partial charge in [-0.05, 0) is 55.3 Å². The summed E-state index contributed by atoms with van der Waals surface area (Å²) in [6, 6.07) is 13.7. The van der Waals surface area contributed by atoms with Gasteiger partial charge in [-0.1, -0.05) is 24.3 Å². The van der Waals surface area contributed by atoms with Crippen LogP contribution in [0.2, 0.25) is 0 Å². The van der Waals surface area contributed by atoms with Crippen molar-refractivity contribution in [2.45, 2.75) is 19.9 Å². The summed E-state index contributed by atoms with van der Waals surface area (Å²) in [6.45, 7) is 4.52. The number of benzene rings is 2. The van der Waals surface area contributed by atoms with Crippen molar-refractivity contribution in [2.24, 2.45) is 0 Å². The molecule has 24 heavy (non-hydrogen) atoms. The predicted molar refractivity (Wildman–Crippen MR) is 94.2 cm³/mol. The van der Waals surface area contributed by atoms with Crippen LogP contribution >= 0.6 is 0 Å². The number of hydrogen-bond donors (Lipinski definition) is 0. The van der Waals surface area contributed by atoms with Crippen LogP contribution in [0.25, 0.3) is 6.08 Å². The van der Waals surface area contributed by atoms with Crippen molar-refractivity contribution in [3.05, 3.63) is 71.6 Å². The highest BCUT2D eigenvalue weighted by Gasteiger charge is 2.18. The molecule has 0 bridgehead atoms. The Labute approximate surface area is 142 Å². The molecule has 0 aliphatic heterocycles. The molecule has 2 rings (SSSR count). The zero-order valence-corrected chi connectivity index (χ0v) is 14.2. The number of carbonyl (C=O) groups is 1. The quantitative estimate of drug-likeness (QED) is 0.733. The van der Waals surface area contributed by atoms with E-state index in [1.165, 1.54) is 18.2 Å². The normalized spacial score (nSPS) is 12.2. The predicted octanol–water partition coefficient (Wildman–Crippen LogP) is 4.46. The SMILES string of the molecule is CCN(C(=O)/C=C/c1ccc(F)cc1)[C@H](C)c1cccc(OC)c1. The number of amides is 1. The number of hydrogen-bond acceptors (Lipinski definition) is 2. The molecule has 0 heterocycles. The van der Waals surface area contributed by atoms with Crippen molar-refractivity contribution >= 4 is 12.0 Å². The van der Waals surface area contributed by atoms with E-state index in [1.807, 2.05) is 38.1 Å². The molecule has 2 aromatic rings. The van der Waals surface area contributed by atoms with Gasteiger partial charge >= 0.3 is 0 Å². The third-order valence-electron chi connectivity index (χ3n) is 3.96. The lowest BCUT2D eigenvalue weighted by Crippen LogP contribution is -2.32. The first-order valence-corrected chi connectivity index (χ1v) is 7.93. The molecule has 1 amide bonds. The van der Waals surface area contributed by atoms with Crippen LogP contribution in [-0.2, 0) is 4.79 Å². The van der Waals surface area contributed by atoms with Gasteiger partial charge in [0.25, 0.3) is 0 Å². The van der Waals surface area contributed by atoms with E-state index in [9.17, 15) is 9.18 Å². The van der Waals surface area contributed by atoms with Gasteiger partial charge in [0.05, 0.1) is 13.2 Å². The van der Waals surface area contributed by atoms with E-state index in [-0.39, 0.29) is 17.8 Å². The van der Waals surface area contributed by atoms with E-state index >= 15 is 0 Å². The van der Waals surface area contributed by atoms with Crippen molar-refractivity contribution in [3.8, 4) is 5.75 Å². The molecule has 126 valence electrons. The van der Waals surface area contributed by atoms with Gasteiger partial charge in [-0.25, -0.2) is 4.39 Å². The fraction of sp³-hybridized carbons (Fsp3) is 0.250. The van der Waals surface area contributed by atoms with E-state index in [4.69, 9.17) is 4.74 Å². The Morgan fingerprint density at radius 3 is 2.58 bits per heavy atom. The fourth-order valence-corrected chi connectivity index (χ4v) is 2.54. The Morgan fingerprint density at radius 2 is 1.96 bits per heavy atom. The summed E-state index contributed by atoms with van der Waals surface area (Å²) < 4.78 is 18.2. The molecular weight excluding hydrogens is 305 g/mol. The lowest BCUT2D eigenvalue weighted by atomic mass is 10.1. The van der Waals surface area contributed by atoms with Crippen LogP contribution in [0.4, 0.5) is 4.39 Å². The Balaban J connectivity index is 2.13. The van der Waals surface area contributed by atoms with Crippen LogP contribution in [0, 0.1) is 5.82 Å². The summed E-state index contributed by atoms with van der Waals surface area (Å²) in [5, 5.41) is 0. The summed E-state index contributed by atoms with van der Waals surface area (Å²) in [5.74, 6) is 0.391. The molecule has 0 unspecified atom stereocenters. The second-order valence-electron chi connectivity index (χ2n) is 5.46. The number of nitrogens with zero attached hydrogens (tertiary/aromatic N) is 1. The molecule has 0 N–H and O–H groups in total. The third-order valence-corrected chi connectivity index (χ3v) is 3.96. The molecule has 0 aromatic heterocycles. The smallest absolute Gasteiger partial charge is 0.247 e. The molecule has 0 fully saturated rings. The largest absolute Gasteiger partial charge is 0.497 e. The van der Waals surface area contributed by atoms with Crippen LogP contribution in [0.3, 0.4) is 0 Å². The van der Waals surface area contributed by atoms with Crippen molar-refractivity contribution < 1.29 is 13.9 Å². The van der Waals surface area contributed by atoms with E-state index < -0.39 is 0 Å². The van der Waals surface area contributed by atoms with Crippen molar-refractivity contribution in [1.82, 2.24) is 4.90 Å². The first-order valence-electron chi connectivity index (χ1n) is 7.93. The Morgan fingerprint density at radius 1 is 1.25 bits per heavy atom. The van der Waals surface area contributed by atoms with Crippen LogP contribution in [0.5, 0.6) is 5.75 Å². The minimum absolute atomic E-state index is 0.0736. The highest BCUT2D eigenvalue weighted by atomic mass is 19.1. The molecule has 3 nitrogen and oxygen atoms in total. The molecule has 0 saturated carbocycles. The van der Waals surface area contributed by atoms with E-state index in [0.717, 1.165) is 16.9 Å². The lowest BCUT2D eigenvalue weighted by Gasteiger charge is -2.27. The molecule has 0 spiro atoms. The van der Waals surface area contributed by atoms with Crippen LogP contribution < -0.4 is 4.74 Å². The van der Waals surface area contributed by atoms with Gasteiger partial charge in [-0.2, -0.15) is 0 Å². The maximum Gasteiger partial charge on any atom is 0.247 e. The second kappa shape index (κ2) is 8.29. The second-order valence-corrected chi connectivity index (χ2v) is 5.46. The van der Waals surface area contributed by atoms with Gasteiger partial charge in [-0.15, -0.1) is 0 Å². The summed E-state index contributed by atoms with van der Waals surface area (Å²) >= 11 is 0. The zero-order valence-electron chi connectivity index (χ0n) is 14.2. The average Bonchev–Trinajstić information content (AvgIpc) is 2.61. The summed E-state index contributed by atoms with van der Waals surface area (Å²) in [5.41, 5.74) is 1.80. The maximum atomic E-state index is 12.9. The molecule has 0 aliphatic carbocycles. The Hall–Kier alpha value is -2.62. The van der Waals surface area contributed by atoms with Crippen molar-refractivity contribution in [2.75, 3.05) is 13.7 Å². The van der Waals surface area contributed by atoms with E-state index in [1.54, 1.807) is 30.2 Å². The highest BCUT2D eigenvalue weighted by Crippen LogP contribution is 2.24. The number of halogens is 1. The monoisotopic (exact) mass is 327 g/mol. The van der Waals surface area contributed by atoms with Gasteiger partial charge in [0.2, 0.25) is 5.91 Å². The summed E-state index contributed by atoms with van der Waals surface area (Å²) in [4.78, 5) is 14.3. The molecule has 0 radical (unpaired) electrons. The summed E-state index contributed by atoms with van der Waals surface area (Å²) in [6.07, 6.45) is 3.22. The van der Waals surface area contributed by atoms with Gasteiger partial charge in [0.15, 0.2) is 0 Å². The molecule has 0 aliphatic rings. The van der Waals surface area contributed by atoms with Gasteiger partial charge in [-0.3, -0.25) is 4.79 Å². The van der Waals surface area contributed by atoms with Gasteiger partial charge < -0.3 is 9.64 Å². The number of likely N-dealkylation sites (N-methyl/N-ethyl adjacent to an activating group) is 1. The van der Waals surface area contributed by atoms with Crippen molar-refractivity contribution in [1.29, 1.82) is 0 Å². The van der Waals surface area contributed by atoms with E-state index in [0.29, 0.717) is 6.54 Å². The van der Waals surface area contributed by atoms with Crippen LogP contribution in [0.15, 0.2) is 54.6 Å². The number of carbonyl (C=O) groups excluding carboxylic acids is 1. The third kappa shape index (κ3) is 4.44. The van der Waals surface area contributed by atoms with Crippen LogP contribution in [0.1, 0.15) is 31.0 Å². The van der Waals surface area contributed by atoms with Gasteiger partial charge in [0.1, 0.15) is 11.6 Å². The van der Waals surface area contributed by atoms with Gasteiger partial charge in [0, 0.05) is 12.6 Å². The van der Waals surface area contributed by atoms with Crippen molar-refractivity contribution in [3.63, 3.8) is 0 Å². The number of rotatable bonds is 6. The fourth-order valence-electron chi connectivity index (χ4n) is 2.54. The Kier molecular flexibility index (Phi) is 6.13. The molecule has 4 heteroatoms. The number of methoxy groups -OCH3 is 1. The first kappa shape index (κ1) is 17.7. The Bertz CT molecular complexity index is 710. The average molecular weight is 327 g/mol. The first-order chi connectivity index (χ1) is 11.5. The maximum absolute atomic E-state index is 12.9. The minimum atomic E-state index is -0.291. The zero-order chi connectivity index (χ0) is 17.5. The molecular formula is C20H22FNO2. The number of ether oxygens (including phenoxy) is 1. The molecule has 2 aromatic carbocycles. The summed E-state index contributed by atoms with van der Waals surface area (Å²) in [7, 11) is 1.62. The molecule has 0 saturated heterocycles. The van der Waals surface area contributed by atoms with Crippen LogP contribution in [-0.4, -0.2) is 24.5 Å². The van der Waals surface area contributed by atoms with E-state index in [2.05, 4.69) is 0 Å². The lowest BCUT2D eigenvalue weighted by molar-refractivity contribution is -0.127. The topological polar surface area (TPSA) is 29.5 Å². The molecule has 1 atom stereocenters. The standard InChI is InChI=1S/C20H22FNO2/c1-4-22(15(2)17-6-5-7-19(14-17)24-3)20(23)13-10-16-8-11-18(21)12-9-16/h5-15H,4H2,1-3H3/b13-10+/t15-/m1/s1. The minimum Gasteiger partial charge on any atom is -0.497 e.